The Morgan fingerprint density at radius 1 is 0.871 bits per heavy atom. The summed E-state index contributed by atoms with van der Waals surface area (Å²) in [6, 6.07) is 28.3. The van der Waals surface area contributed by atoms with Crippen LogP contribution in [0.2, 0.25) is 5.02 Å². The highest BCUT2D eigenvalue weighted by atomic mass is 35.5. The van der Waals surface area contributed by atoms with Crippen molar-refractivity contribution in [2.75, 3.05) is 62.6 Å². The van der Waals surface area contributed by atoms with Gasteiger partial charge in [-0.05, 0) is 112 Å². The van der Waals surface area contributed by atoms with Gasteiger partial charge in [-0.15, -0.1) is 22.0 Å². The molecule has 1 aromatic heterocycles. The number of hydrogen-bond acceptors (Lipinski definition) is 11. The Labute approximate surface area is 370 Å². The molecule has 4 aromatic carbocycles. The number of benzene rings is 4. The van der Waals surface area contributed by atoms with Crippen LogP contribution in [0.3, 0.4) is 0 Å². The van der Waals surface area contributed by atoms with E-state index in [4.69, 9.17) is 11.6 Å². The van der Waals surface area contributed by atoms with Crippen LogP contribution in [0.5, 0.6) is 0 Å². The van der Waals surface area contributed by atoms with Crippen LogP contribution in [0, 0.1) is 0 Å². The number of hydrogen-bond donors (Lipinski definition) is 2. The third-order valence-corrected chi connectivity index (χ3v) is 15.5. The number of piperidine rings is 1. The van der Waals surface area contributed by atoms with Crippen molar-refractivity contribution in [2.24, 2.45) is 0 Å². The van der Waals surface area contributed by atoms with Gasteiger partial charge in [0.2, 0.25) is 5.95 Å². The third-order valence-electron chi connectivity index (χ3n) is 11.3. The van der Waals surface area contributed by atoms with Gasteiger partial charge >= 0.3 is 5.51 Å². The van der Waals surface area contributed by atoms with Gasteiger partial charge in [0.15, 0.2) is 0 Å². The predicted octanol–water partition coefficient (Wildman–Crippen LogP) is 7.74. The zero-order chi connectivity index (χ0) is 44.1. The van der Waals surface area contributed by atoms with Crippen LogP contribution in [-0.2, 0) is 39.4 Å². The van der Waals surface area contributed by atoms with Crippen LogP contribution in [0.4, 0.5) is 24.8 Å². The minimum Gasteiger partial charge on any atom is -0.380 e. The molecular weight excluding hydrogens is 881 g/mol. The van der Waals surface area contributed by atoms with Crippen molar-refractivity contribution in [3.63, 3.8) is 0 Å². The van der Waals surface area contributed by atoms with E-state index in [0.29, 0.717) is 67.7 Å². The average molecular weight is 932 g/mol. The van der Waals surface area contributed by atoms with E-state index in [9.17, 15) is 30.0 Å². The van der Waals surface area contributed by atoms with Gasteiger partial charge in [0.1, 0.15) is 10.7 Å². The van der Waals surface area contributed by atoms with Crippen LogP contribution >= 0.6 is 23.4 Å². The van der Waals surface area contributed by atoms with E-state index in [2.05, 4.69) is 48.2 Å². The van der Waals surface area contributed by atoms with Crippen molar-refractivity contribution < 1.29 is 30.0 Å². The zero-order valence-corrected chi connectivity index (χ0v) is 37.6. The fourth-order valence-corrected chi connectivity index (χ4v) is 11.1. The molecule has 1 saturated heterocycles. The van der Waals surface area contributed by atoms with Crippen molar-refractivity contribution in [3.05, 3.63) is 113 Å². The molecule has 3 heterocycles. The molecule has 0 amide bonds. The van der Waals surface area contributed by atoms with Gasteiger partial charge in [0.25, 0.3) is 19.9 Å². The van der Waals surface area contributed by atoms with Gasteiger partial charge in [-0.3, -0.25) is 14.4 Å². The number of likely N-dealkylation sites (tertiary alicyclic amines) is 1. The summed E-state index contributed by atoms with van der Waals surface area (Å²) in [5, 5.41) is 12.0. The summed E-state index contributed by atoms with van der Waals surface area (Å²) in [5.74, 6) is 0.874. The molecular formula is C43H50ClF3N8O4S3. The second kappa shape index (κ2) is 19.7. The van der Waals surface area contributed by atoms with E-state index in [0.717, 1.165) is 55.1 Å². The molecule has 2 aliphatic rings. The highest BCUT2D eigenvalue weighted by Gasteiger charge is 2.48. The first-order chi connectivity index (χ1) is 29.6. The van der Waals surface area contributed by atoms with Gasteiger partial charge in [0.05, 0.1) is 10.6 Å². The Morgan fingerprint density at radius 3 is 2.29 bits per heavy atom. The van der Waals surface area contributed by atoms with Gasteiger partial charge in [-0.1, -0.05) is 66.2 Å². The second-order valence-corrected chi connectivity index (χ2v) is 20.9. The lowest BCUT2D eigenvalue weighted by Gasteiger charge is -2.38. The first-order valence-corrected chi connectivity index (χ1v) is 24.7. The predicted molar refractivity (Wildman–Crippen MR) is 239 cm³/mol. The Hall–Kier alpha value is -4.17. The SMILES string of the molecule is CN(C)CC[C@H](CSc1ccccc1)Nc1ccc(S(=O)(=O)Nc2nnc3n2CCN(C2CCN(Cc4ccccc4-c4ccc(Cl)cc4)CC2)CC3)cc1S(=O)(=O)C(F)(F)F. The molecule has 0 saturated carbocycles. The van der Waals surface area contributed by atoms with E-state index < -0.39 is 41.2 Å². The molecule has 1 fully saturated rings. The average Bonchev–Trinajstić information content (AvgIpc) is 3.48. The smallest absolute Gasteiger partial charge is 0.380 e. The molecule has 7 rings (SSSR count). The molecule has 0 spiro atoms. The maximum absolute atomic E-state index is 14.2. The molecule has 0 aliphatic carbocycles. The summed E-state index contributed by atoms with van der Waals surface area (Å²) in [6.07, 6.45) is 2.89. The highest BCUT2D eigenvalue weighted by molar-refractivity contribution is 7.99. The molecule has 2 N–H and O–H groups in total. The lowest BCUT2D eigenvalue weighted by atomic mass is 9.97. The number of alkyl halides is 3. The van der Waals surface area contributed by atoms with Crippen molar-refractivity contribution in [1.29, 1.82) is 0 Å². The largest absolute Gasteiger partial charge is 0.501 e. The number of fused-ring (bicyclic) bond motifs is 1. The molecule has 0 radical (unpaired) electrons. The minimum absolute atomic E-state index is 0.0971. The Bertz CT molecular complexity index is 2520. The van der Waals surface area contributed by atoms with Crippen molar-refractivity contribution in [1.82, 2.24) is 29.5 Å². The molecule has 0 unspecified atom stereocenters. The van der Waals surface area contributed by atoms with E-state index in [1.54, 1.807) is 4.57 Å². The van der Waals surface area contributed by atoms with Gasteiger partial charge in [0, 0.05) is 60.4 Å². The zero-order valence-electron chi connectivity index (χ0n) is 34.4. The lowest BCUT2D eigenvalue weighted by Crippen LogP contribution is -2.45. The van der Waals surface area contributed by atoms with E-state index >= 15 is 0 Å². The van der Waals surface area contributed by atoms with Crippen molar-refractivity contribution in [2.45, 2.75) is 71.1 Å². The van der Waals surface area contributed by atoms with Crippen LogP contribution in [0.1, 0.15) is 30.7 Å². The van der Waals surface area contributed by atoms with Crippen molar-refractivity contribution in [3.8, 4) is 11.1 Å². The lowest BCUT2D eigenvalue weighted by molar-refractivity contribution is -0.0435. The number of thioether (sulfide) groups is 1. The van der Waals surface area contributed by atoms with Crippen molar-refractivity contribution >= 4 is 54.9 Å². The number of anilines is 2. The maximum Gasteiger partial charge on any atom is 0.501 e. The number of nitrogens with one attached hydrogen (secondary N) is 2. The number of aromatic nitrogens is 3. The quantitative estimate of drug-likeness (QED) is 0.0943. The molecule has 19 heteroatoms. The Morgan fingerprint density at radius 2 is 1.58 bits per heavy atom. The summed E-state index contributed by atoms with van der Waals surface area (Å²) < 4.78 is 100. The molecule has 62 heavy (non-hydrogen) atoms. The van der Waals surface area contributed by atoms with E-state index in [1.165, 1.54) is 22.9 Å². The topological polar surface area (TPSA) is 133 Å². The summed E-state index contributed by atoms with van der Waals surface area (Å²) in [7, 11) is -6.90. The molecule has 12 nitrogen and oxygen atoms in total. The van der Waals surface area contributed by atoms with Crippen LogP contribution in [-0.4, -0.2) is 116 Å². The van der Waals surface area contributed by atoms with Crippen LogP contribution in [0.15, 0.2) is 112 Å². The monoisotopic (exact) mass is 930 g/mol. The number of sulfone groups is 1. The van der Waals surface area contributed by atoms with Crippen LogP contribution < -0.4 is 10.0 Å². The number of nitrogens with zero attached hydrogens (tertiary/aromatic N) is 6. The fourth-order valence-electron chi connectivity index (χ4n) is 7.89. The molecule has 332 valence electrons. The fraction of sp³-hybridized carbons (Fsp3) is 0.395. The second-order valence-electron chi connectivity index (χ2n) is 15.8. The summed E-state index contributed by atoms with van der Waals surface area (Å²) in [5.41, 5.74) is -2.48. The maximum atomic E-state index is 14.2. The standard InChI is InChI=1S/C43H50ClF3N8O4S3/c1-52(2)22-18-34(30-60-36-9-4-3-5-10-36)48-39-17-16-37(28-40(39)61(56,57)43(45,46)47)62(58,59)51-42-50-49-41-21-25-54(26-27-55(41)42)35-19-23-53(24-20-35)29-32-8-6-7-11-38(32)31-12-14-33(44)15-13-31/h3-17,28,34-35,48H,18-27,29-30H2,1-2H3,(H,50,51)/t34-/m1/s1. The summed E-state index contributed by atoms with van der Waals surface area (Å²) >= 11 is 7.61. The van der Waals surface area contributed by atoms with Crippen LogP contribution in [0.25, 0.3) is 11.1 Å². The van der Waals surface area contributed by atoms with Gasteiger partial charge in [-0.2, -0.15) is 13.2 Å². The summed E-state index contributed by atoms with van der Waals surface area (Å²) in [4.78, 5) is 5.87. The molecule has 0 bridgehead atoms. The van der Waals surface area contributed by atoms with Gasteiger partial charge < -0.3 is 10.2 Å². The number of sulfonamides is 1. The Balaban J connectivity index is 1.02. The van der Waals surface area contributed by atoms with E-state index in [-0.39, 0.29) is 11.6 Å². The first kappa shape index (κ1) is 45.8. The first-order valence-electron chi connectivity index (χ1n) is 20.4. The highest BCUT2D eigenvalue weighted by Crippen LogP contribution is 2.37. The Kier molecular flexibility index (Phi) is 14.6. The minimum atomic E-state index is -5.98. The number of halogens is 4. The molecule has 1 atom stereocenters. The third kappa shape index (κ3) is 11.1. The molecule has 2 aliphatic heterocycles. The number of rotatable bonds is 16. The normalized spacial score (nSPS) is 16.5. The summed E-state index contributed by atoms with van der Waals surface area (Å²) in [6.45, 7) is 4.89. The molecule has 5 aromatic rings. The van der Waals surface area contributed by atoms with E-state index in [1.807, 2.05) is 79.7 Å². The van der Waals surface area contributed by atoms with Gasteiger partial charge in [-0.25, -0.2) is 21.6 Å².